The molecular weight excluding hydrogens is 316 g/mol. The summed E-state index contributed by atoms with van der Waals surface area (Å²) < 4.78 is 0. The second kappa shape index (κ2) is 7.98. The summed E-state index contributed by atoms with van der Waals surface area (Å²) in [4.78, 5) is 15.6. The molecule has 25 heavy (non-hydrogen) atoms. The molecule has 0 bridgehead atoms. The number of phenols is 1. The van der Waals surface area contributed by atoms with Crippen LogP contribution in [0.4, 0.5) is 5.69 Å². The normalized spacial score (nSPS) is 25.3. The van der Waals surface area contributed by atoms with Crippen LogP contribution in [0.5, 0.6) is 5.75 Å². The average Bonchev–Trinajstić information content (AvgIpc) is 2.62. The fraction of sp³-hybridized carbons (Fsp3) is 0.650. The third-order valence-corrected chi connectivity index (χ3v) is 5.88. The molecule has 2 aliphatic carbocycles. The molecule has 2 aliphatic rings. The van der Waals surface area contributed by atoms with Gasteiger partial charge in [0.05, 0.1) is 11.0 Å². The molecule has 0 aliphatic heterocycles. The highest BCUT2D eigenvalue weighted by atomic mass is 16.6. The van der Waals surface area contributed by atoms with E-state index in [2.05, 4.69) is 11.9 Å². The van der Waals surface area contributed by atoms with Gasteiger partial charge in [0.15, 0.2) is 0 Å². The highest BCUT2D eigenvalue weighted by Gasteiger charge is 2.24. The number of hydrogen-bond donors (Lipinski definition) is 1. The van der Waals surface area contributed by atoms with Crippen molar-refractivity contribution in [3.8, 4) is 5.75 Å². The second-order valence-corrected chi connectivity index (χ2v) is 7.67. The quantitative estimate of drug-likeness (QED) is 0.454. The zero-order chi connectivity index (χ0) is 17.8. The van der Waals surface area contributed by atoms with Crippen molar-refractivity contribution in [3.63, 3.8) is 0 Å². The number of benzene rings is 1. The SMILES string of the molecule is CC1CCCCC1N=Cc1cc([N+](=O)[O-])cc(C2CCCCC2)c1O. The summed E-state index contributed by atoms with van der Waals surface area (Å²) in [5.74, 6) is 0.933. The van der Waals surface area contributed by atoms with Crippen LogP contribution in [-0.4, -0.2) is 22.3 Å². The molecule has 136 valence electrons. The third kappa shape index (κ3) is 4.20. The van der Waals surface area contributed by atoms with Gasteiger partial charge in [0, 0.05) is 29.5 Å². The van der Waals surface area contributed by atoms with Crippen LogP contribution in [0.2, 0.25) is 0 Å². The van der Waals surface area contributed by atoms with Gasteiger partial charge < -0.3 is 5.11 Å². The standard InChI is InChI=1S/C20H28N2O3/c1-14-7-5-6-10-19(14)21-13-16-11-17(22(24)25)12-18(20(16)23)15-8-3-2-4-9-15/h11-15,19,23H,2-10H2,1H3. The van der Waals surface area contributed by atoms with E-state index in [-0.39, 0.29) is 28.3 Å². The second-order valence-electron chi connectivity index (χ2n) is 7.67. The van der Waals surface area contributed by atoms with Crippen LogP contribution in [0, 0.1) is 16.0 Å². The summed E-state index contributed by atoms with van der Waals surface area (Å²) in [5, 5.41) is 22.1. The molecule has 0 saturated heterocycles. The summed E-state index contributed by atoms with van der Waals surface area (Å²) in [7, 11) is 0. The van der Waals surface area contributed by atoms with Crippen LogP contribution >= 0.6 is 0 Å². The van der Waals surface area contributed by atoms with Crippen molar-refractivity contribution in [2.24, 2.45) is 10.9 Å². The van der Waals surface area contributed by atoms with Crippen LogP contribution in [0.3, 0.4) is 0 Å². The predicted molar refractivity (Wildman–Crippen MR) is 99.6 cm³/mol. The number of nitrogens with zero attached hydrogens (tertiary/aromatic N) is 2. The molecule has 0 radical (unpaired) electrons. The molecule has 1 aromatic rings. The number of hydrogen-bond acceptors (Lipinski definition) is 4. The number of aliphatic imine (C=N–C) groups is 1. The van der Waals surface area contributed by atoms with Crippen molar-refractivity contribution in [2.45, 2.75) is 76.7 Å². The molecule has 5 heteroatoms. The fourth-order valence-electron chi connectivity index (χ4n) is 4.29. The average molecular weight is 344 g/mol. The number of aromatic hydroxyl groups is 1. The predicted octanol–water partition coefficient (Wildman–Crippen LogP) is 5.35. The molecule has 0 amide bonds. The van der Waals surface area contributed by atoms with Crippen molar-refractivity contribution >= 4 is 11.9 Å². The smallest absolute Gasteiger partial charge is 0.270 e. The molecule has 2 unspecified atom stereocenters. The highest BCUT2D eigenvalue weighted by molar-refractivity contribution is 5.85. The summed E-state index contributed by atoms with van der Waals surface area (Å²) in [6.07, 6.45) is 11.8. The van der Waals surface area contributed by atoms with Crippen LogP contribution in [0.15, 0.2) is 17.1 Å². The lowest BCUT2D eigenvalue weighted by Gasteiger charge is -2.25. The van der Waals surface area contributed by atoms with Gasteiger partial charge in [0.2, 0.25) is 0 Å². The van der Waals surface area contributed by atoms with Crippen LogP contribution in [0.25, 0.3) is 0 Å². The minimum atomic E-state index is -0.369. The summed E-state index contributed by atoms with van der Waals surface area (Å²) in [5.41, 5.74) is 1.27. The monoisotopic (exact) mass is 344 g/mol. The molecule has 2 fully saturated rings. The van der Waals surface area contributed by atoms with Crippen molar-refractivity contribution < 1.29 is 10.0 Å². The van der Waals surface area contributed by atoms with Gasteiger partial charge in [-0.2, -0.15) is 0 Å². The molecule has 2 saturated carbocycles. The third-order valence-electron chi connectivity index (χ3n) is 5.88. The summed E-state index contributed by atoms with van der Waals surface area (Å²) in [6, 6.07) is 3.27. The highest BCUT2D eigenvalue weighted by Crippen LogP contribution is 2.40. The van der Waals surface area contributed by atoms with E-state index in [0.29, 0.717) is 11.5 Å². The zero-order valence-electron chi connectivity index (χ0n) is 15.0. The van der Waals surface area contributed by atoms with Crippen molar-refractivity contribution in [2.75, 3.05) is 0 Å². The van der Waals surface area contributed by atoms with E-state index in [0.717, 1.165) is 37.7 Å². The van der Waals surface area contributed by atoms with Gasteiger partial charge in [-0.25, -0.2) is 0 Å². The Morgan fingerprint density at radius 2 is 1.80 bits per heavy atom. The Morgan fingerprint density at radius 1 is 1.12 bits per heavy atom. The first-order valence-electron chi connectivity index (χ1n) is 9.60. The number of nitro benzene ring substituents is 1. The molecule has 3 rings (SSSR count). The Bertz CT molecular complexity index is 651. The van der Waals surface area contributed by atoms with Gasteiger partial charge >= 0.3 is 0 Å². The summed E-state index contributed by atoms with van der Waals surface area (Å²) >= 11 is 0. The first-order chi connectivity index (χ1) is 12.1. The van der Waals surface area contributed by atoms with Gasteiger partial charge in [-0.1, -0.05) is 39.0 Å². The molecule has 5 nitrogen and oxygen atoms in total. The van der Waals surface area contributed by atoms with E-state index in [9.17, 15) is 15.2 Å². The lowest BCUT2D eigenvalue weighted by molar-refractivity contribution is -0.385. The fourth-order valence-corrected chi connectivity index (χ4v) is 4.29. The molecule has 0 heterocycles. The van der Waals surface area contributed by atoms with Crippen molar-refractivity contribution in [1.29, 1.82) is 0 Å². The van der Waals surface area contributed by atoms with E-state index in [1.807, 2.05) is 0 Å². The number of non-ortho nitro benzene ring substituents is 1. The number of nitro groups is 1. The van der Waals surface area contributed by atoms with Crippen molar-refractivity contribution in [3.05, 3.63) is 33.4 Å². The first-order valence-corrected chi connectivity index (χ1v) is 9.60. The van der Waals surface area contributed by atoms with Gasteiger partial charge in [-0.05, 0) is 37.5 Å². The van der Waals surface area contributed by atoms with Crippen LogP contribution in [0.1, 0.15) is 81.8 Å². The van der Waals surface area contributed by atoms with Gasteiger partial charge in [0.1, 0.15) is 5.75 Å². The minimum Gasteiger partial charge on any atom is -0.507 e. The Morgan fingerprint density at radius 3 is 2.48 bits per heavy atom. The molecule has 0 aromatic heterocycles. The van der Waals surface area contributed by atoms with E-state index in [4.69, 9.17) is 0 Å². The Balaban J connectivity index is 1.91. The molecule has 1 aromatic carbocycles. The van der Waals surface area contributed by atoms with E-state index in [1.165, 1.54) is 31.7 Å². The summed E-state index contributed by atoms with van der Waals surface area (Å²) in [6.45, 7) is 2.21. The Kier molecular flexibility index (Phi) is 5.71. The van der Waals surface area contributed by atoms with Gasteiger partial charge in [-0.3, -0.25) is 15.1 Å². The lowest BCUT2D eigenvalue weighted by Crippen LogP contribution is -2.20. The molecule has 2 atom stereocenters. The van der Waals surface area contributed by atoms with Gasteiger partial charge in [-0.15, -0.1) is 0 Å². The molecule has 0 spiro atoms. The Labute approximate surface area is 149 Å². The van der Waals surface area contributed by atoms with Crippen LogP contribution < -0.4 is 0 Å². The van der Waals surface area contributed by atoms with E-state index >= 15 is 0 Å². The van der Waals surface area contributed by atoms with Crippen molar-refractivity contribution in [1.82, 2.24) is 0 Å². The maximum Gasteiger partial charge on any atom is 0.270 e. The topological polar surface area (TPSA) is 75.7 Å². The van der Waals surface area contributed by atoms with E-state index in [1.54, 1.807) is 12.3 Å². The Hall–Kier alpha value is -1.91. The van der Waals surface area contributed by atoms with Crippen LogP contribution in [-0.2, 0) is 0 Å². The zero-order valence-corrected chi connectivity index (χ0v) is 15.0. The lowest BCUT2D eigenvalue weighted by atomic mass is 9.83. The number of phenolic OH excluding ortho intramolecular Hbond substituents is 1. The van der Waals surface area contributed by atoms with Gasteiger partial charge in [0.25, 0.3) is 5.69 Å². The molecular formula is C20H28N2O3. The first kappa shape index (κ1) is 17.9. The van der Waals surface area contributed by atoms with E-state index < -0.39 is 0 Å². The maximum atomic E-state index is 11.3. The number of rotatable bonds is 4. The maximum absolute atomic E-state index is 11.3. The largest absolute Gasteiger partial charge is 0.507 e. The molecule has 1 N–H and O–H groups in total. The minimum absolute atomic E-state index is 0.0523.